The monoisotopic (exact) mass is 747 g/mol. The van der Waals surface area contributed by atoms with Crippen LogP contribution in [0.1, 0.15) is 73.0 Å². The Balaban J connectivity index is 1.04. The van der Waals surface area contributed by atoms with Gasteiger partial charge in [0.1, 0.15) is 0 Å². The summed E-state index contributed by atoms with van der Waals surface area (Å²) in [4.78, 5) is 15.4. The highest BCUT2D eigenvalue weighted by molar-refractivity contribution is 5.91. The second kappa shape index (κ2) is 14.2. The molecule has 0 amide bonds. The Morgan fingerprint density at radius 2 is 1.14 bits per heavy atom. The summed E-state index contributed by atoms with van der Waals surface area (Å²) in [5.74, 6) is 3.62. The lowest BCUT2D eigenvalue weighted by Gasteiger charge is -2.46. The molecule has 0 radical (unpaired) electrons. The van der Waals surface area contributed by atoms with Crippen LogP contribution in [-0.2, 0) is 5.41 Å². The van der Waals surface area contributed by atoms with E-state index in [9.17, 15) is 0 Å². The van der Waals surface area contributed by atoms with Crippen molar-refractivity contribution in [2.75, 3.05) is 0 Å². The number of allylic oxidation sites excluding steroid dienone is 6. The number of hydrogen-bond acceptors (Lipinski definition) is 3. The fourth-order valence-electron chi connectivity index (χ4n) is 10.7. The molecule has 3 nitrogen and oxygen atoms in total. The van der Waals surface area contributed by atoms with Gasteiger partial charge < -0.3 is 0 Å². The van der Waals surface area contributed by atoms with Crippen molar-refractivity contribution in [2.45, 2.75) is 50.4 Å². The maximum atomic E-state index is 5.19. The lowest BCUT2D eigenvalue weighted by atomic mass is 9.57. The molecule has 1 aromatic heterocycles. The zero-order valence-electron chi connectivity index (χ0n) is 32.9. The third kappa shape index (κ3) is 5.91. The standard InChI is InChI=1S/C55H45N3/c1-36-29-37-27-28-55(46(30-36)31-37)50-26-12-11-23-48(50)49-25-14-24-47(51(49)55)42-22-13-21-41(32-42)44-33-43(38-15-5-2-6-16-38)34-45(35-44)54-57-52(39-17-7-3-8-18-39)56-53(58-54)40-19-9-4-10-20-40/h2-26,30,32-34,36-37,44H,27-29,31,35H2,1H3. The second-order valence-electron chi connectivity index (χ2n) is 16.8. The lowest BCUT2D eigenvalue weighted by molar-refractivity contribution is 0.285. The Bertz CT molecular complexity index is 2720. The van der Waals surface area contributed by atoms with Gasteiger partial charge in [0.15, 0.2) is 17.5 Å². The second-order valence-corrected chi connectivity index (χ2v) is 16.8. The first kappa shape index (κ1) is 34.8. The SMILES string of the molecule is CC1C=C2CC(CCC23c2ccccc2-c2cccc(-c4cccc(C5C=C(c6ccccc6)C=C(c6nc(-c7ccccc7)nc(-c7ccccc7)n6)C5)c4)c23)C1. The molecular weight excluding hydrogens is 703 g/mol. The average molecular weight is 748 g/mol. The van der Waals surface area contributed by atoms with Crippen molar-refractivity contribution >= 4 is 11.1 Å². The minimum Gasteiger partial charge on any atom is -0.209 e. The van der Waals surface area contributed by atoms with Crippen molar-refractivity contribution in [3.8, 4) is 45.0 Å². The van der Waals surface area contributed by atoms with Crippen LogP contribution in [0.4, 0.5) is 0 Å². The molecule has 11 rings (SSSR count). The van der Waals surface area contributed by atoms with Crippen LogP contribution < -0.4 is 0 Å². The van der Waals surface area contributed by atoms with Gasteiger partial charge in [-0.15, -0.1) is 0 Å². The summed E-state index contributed by atoms with van der Waals surface area (Å²) in [6.07, 6.45) is 13.2. The Kier molecular flexibility index (Phi) is 8.50. The van der Waals surface area contributed by atoms with Crippen LogP contribution in [0.15, 0.2) is 182 Å². The highest BCUT2D eigenvalue weighted by Gasteiger charge is 2.50. The van der Waals surface area contributed by atoms with Crippen molar-refractivity contribution in [3.63, 3.8) is 0 Å². The smallest absolute Gasteiger partial charge is 0.164 e. The lowest BCUT2D eigenvalue weighted by Crippen LogP contribution is -2.37. The Morgan fingerprint density at radius 3 is 1.88 bits per heavy atom. The predicted molar refractivity (Wildman–Crippen MR) is 238 cm³/mol. The maximum Gasteiger partial charge on any atom is 0.164 e. The normalized spacial score (nSPS) is 21.7. The van der Waals surface area contributed by atoms with Crippen LogP contribution in [0.25, 0.3) is 56.2 Å². The molecule has 4 aliphatic carbocycles. The van der Waals surface area contributed by atoms with Crippen LogP contribution in [-0.4, -0.2) is 15.0 Å². The third-order valence-electron chi connectivity index (χ3n) is 13.2. The molecule has 2 bridgehead atoms. The van der Waals surface area contributed by atoms with E-state index in [0.717, 1.165) is 34.9 Å². The zero-order chi connectivity index (χ0) is 38.6. The van der Waals surface area contributed by atoms with Gasteiger partial charge in [0, 0.05) is 22.5 Å². The van der Waals surface area contributed by atoms with Gasteiger partial charge in [-0.3, -0.25) is 0 Å². The van der Waals surface area contributed by atoms with E-state index in [2.05, 4.69) is 146 Å². The van der Waals surface area contributed by atoms with Crippen molar-refractivity contribution in [3.05, 3.63) is 210 Å². The molecule has 4 unspecified atom stereocenters. The van der Waals surface area contributed by atoms with Crippen molar-refractivity contribution in [2.24, 2.45) is 11.8 Å². The maximum absolute atomic E-state index is 5.19. The third-order valence-corrected chi connectivity index (χ3v) is 13.2. The molecule has 4 atom stereocenters. The first-order valence-electron chi connectivity index (χ1n) is 21.0. The van der Waals surface area contributed by atoms with Gasteiger partial charge in [0.05, 0.1) is 0 Å². The summed E-state index contributed by atoms with van der Waals surface area (Å²) < 4.78 is 0. The predicted octanol–water partition coefficient (Wildman–Crippen LogP) is 13.6. The summed E-state index contributed by atoms with van der Waals surface area (Å²) >= 11 is 0. The fourth-order valence-corrected chi connectivity index (χ4v) is 10.7. The van der Waals surface area contributed by atoms with Crippen molar-refractivity contribution < 1.29 is 0 Å². The molecule has 58 heavy (non-hydrogen) atoms. The molecule has 1 fully saturated rings. The number of fused-ring (bicyclic) bond motifs is 8. The molecule has 0 aliphatic heterocycles. The van der Waals surface area contributed by atoms with Gasteiger partial charge in [0.2, 0.25) is 0 Å². The fraction of sp³-hybridized carbons (Fsp3) is 0.182. The summed E-state index contributed by atoms with van der Waals surface area (Å²) in [6.45, 7) is 2.42. The van der Waals surface area contributed by atoms with E-state index in [1.165, 1.54) is 75.8 Å². The van der Waals surface area contributed by atoms with Crippen molar-refractivity contribution in [1.82, 2.24) is 15.0 Å². The first-order valence-corrected chi connectivity index (χ1v) is 21.0. The highest BCUT2D eigenvalue weighted by atomic mass is 15.0. The van der Waals surface area contributed by atoms with Crippen LogP contribution in [0.5, 0.6) is 0 Å². The topological polar surface area (TPSA) is 38.7 Å². The Labute approximate surface area is 341 Å². The van der Waals surface area contributed by atoms with E-state index in [-0.39, 0.29) is 11.3 Å². The molecule has 6 aromatic carbocycles. The van der Waals surface area contributed by atoms with Crippen molar-refractivity contribution in [1.29, 1.82) is 0 Å². The molecular formula is C55H45N3. The van der Waals surface area contributed by atoms with E-state index >= 15 is 0 Å². The molecule has 280 valence electrons. The molecule has 0 saturated heterocycles. The Morgan fingerprint density at radius 1 is 0.534 bits per heavy atom. The van der Waals surface area contributed by atoms with E-state index in [4.69, 9.17) is 15.0 Å². The summed E-state index contributed by atoms with van der Waals surface area (Å²) in [5, 5.41) is 0. The summed E-state index contributed by atoms with van der Waals surface area (Å²) in [7, 11) is 0. The Hall–Kier alpha value is -6.45. The first-order chi connectivity index (χ1) is 28.6. The van der Waals surface area contributed by atoms with E-state index in [1.54, 1.807) is 5.57 Å². The molecule has 1 spiro atoms. The van der Waals surface area contributed by atoms with E-state index in [1.807, 2.05) is 36.4 Å². The molecule has 3 heteroatoms. The minimum absolute atomic E-state index is 0.0730. The molecule has 1 saturated carbocycles. The van der Waals surface area contributed by atoms with Gasteiger partial charge in [-0.2, -0.15) is 0 Å². The number of aromatic nitrogens is 3. The van der Waals surface area contributed by atoms with E-state index in [0.29, 0.717) is 17.6 Å². The van der Waals surface area contributed by atoms with Gasteiger partial charge in [-0.1, -0.05) is 182 Å². The summed E-state index contributed by atoms with van der Waals surface area (Å²) in [6, 6.07) is 57.0. The number of benzene rings is 6. The van der Waals surface area contributed by atoms with Crippen LogP contribution in [0.3, 0.4) is 0 Å². The number of hydrogen-bond donors (Lipinski definition) is 0. The van der Waals surface area contributed by atoms with Crippen LogP contribution >= 0.6 is 0 Å². The number of nitrogens with zero attached hydrogens (tertiary/aromatic N) is 3. The van der Waals surface area contributed by atoms with Crippen LogP contribution in [0.2, 0.25) is 0 Å². The molecule has 0 N–H and O–H groups in total. The van der Waals surface area contributed by atoms with Gasteiger partial charge in [0.25, 0.3) is 0 Å². The molecule has 7 aromatic rings. The average Bonchev–Trinajstić information content (AvgIpc) is 3.58. The van der Waals surface area contributed by atoms with Gasteiger partial charge in [-0.05, 0) is 106 Å². The van der Waals surface area contributed by atoms with Gasteiger partial charge in [-0.25, -0.2) is 15.0 Å². The minimum atomic E-state index is -0.0730. The summed E-state index contributed by atoms with van der Waals surface area (Å²) in [5.41, 5.74) is 16.8. The molecule has 4 aliphatic rings. The quantitative estimate of drug-likeness (QED) is 0.159. The molecule has 1 heterocycles. The zero-order valence-corrected chi connectivity index (χ0v) is 32.9. The largest absolute Gasteiger partial charge is 0.209 e. The van der Waals surface area contributed by atoms with Gasteiger partial charge >= 0.3 is 0 Å². The number of rotatable bonds is 6. The highest BCUT2D eigenvalue weighted by Crippen LogP contribution is 2.62. The van der Waals surface area contributed by atoms with E-state index < -0.39 is 0 Å². The van der Waals surface area contributed by atoms with Crippen LogP contribution in [0, 0.1) is 11.8 Å².